The number of carbonyl (C=O) groups is 4. The van der Waals surface area contributed by atoms with Crippen LogP contribution in [-0.2, 0) is 16.6 Å². The molecule has 0 aliphatic carbocycles. The molecule has 53 heavy (non-hydrogen) atoms. The number of nitrogens with one attached hydrogen (secondary N) is 1. The molecule has 1 atom stereocenters. The van der Waals surface area contributed by atoms with Crippen LogP contribution in [0.1, 0.15) is 72.1 Å². The van der Waals surface area contributed by atoms with Crippen LogP contribution < -0.4 is 19.9 Å². The van der Waals surface area contributed by atoms with E-state index >= 15 is 0 Å². The summed E-state index contributed by atoms with van der Waals surface area (Å²) in [6.45, 7) is 5.45. The van der Waals surface area contributed by atoms with Crippen LogP contribution in [0.15, 0.2) is 42.7 Å². The van der Waals surface area contributed by atoms with Gasteiger partial charge in [0.1, 0.15) is 6.04 Å². The van der Waals surface area contributed by atoms with Gasteiger partial charge in [-0.1, -0.05) is 0 Å². The van der Waals surface area contributed by atoms with Gasteiger partial charge in [-0.3, -0.25) is 44.2 Å². The summed E-state index contributed by atoms with van der Waals surface area (Å²) in [5.74, 6) is -1.71. The molecule has 2 aromatic carbocycles. The van der Waals surface area contributed by atoms with Gasteiger partial charge >= 0.3 is 5.69 Å². The van der Waals surface area contributed by atoms with Gasteiger partial charge in [-0.15, -0.1) is 0 Å². The fourth-order valence-corrected chi connectivity index (χ4v) is 9.24. The Labute approximate surface area is 307 Å². The van der Waals surface area contributed by atoms with Crippen molar-refractivity contribution in [2.24, 2.45) is 12.5 Å². The molecule has 4 fully saturated rings. The zero-order chi connectivity index (χ0) is 37.0. The smallest absolute Gasteiger partial charge is 0.311 e. The van der Waals surface area contributed by atoms with E-state index in [1.54, 1.807) is 29.1 Å². The van der Waals surface area contributed by atoms with E-state index in [0.29, 0.717) is 17.2 Å². The number of aromatic nitrogens is 2. The van der Waals surface area contributed by atoms with Crippen molar-refractivity contribution >= 4 is 40.7 Å². The second-order valence-electron chi connectivity index (χ2n) is 15.2. The Kier molecular flexibility index (Phi) is 8.91. The molecule has 1 aromatic heterocycles. The largest absolute Gasteiger partial charge is 0.490 e. The highest BCUT2D eigenvalue weighted by Gasteiger charge is 2.46. The summed E-state index contributed by atoms with van der Waals surface area (Å²) in [6, 6.07) is 8.31. The maximum Gasteiger partial charge on any atom is 0.311 e. The molecule has 15 heteroatoms. The third-order valence-electron chi connectivity index (χ3n) is 12.1. The first-order valence-electron chi connectivity index (χ1n) is 18.5. The van der Waals surface area contributed by atoms with Crippen LogP contribution in [0.25, 0.3) is 11.1 Å². The Balaban J connectivity index is 0.907. The third-order valence-corrected chi connectivity index (χ3v) is 12.1. The van der Waals surface area contributed by atoms with Crippen LogP contribution in [0, 0.1) is 15.5 Å². The summed E-state index contributed by atoms with van der Waals surface area (Å²) in [5.41, 5.74) is 4.15. The zero-order valence-electron chi connectivity index (χ0n) is 30.1. The highest BCUT2D eigenvalue weighted by molar-refractivity contribution is 6.23. The van der Waals surface area contributed by atoms with E-state index in [4.69, 9.17) is 4.74 Å². The van der Waals surface area contributed by atoms with Crippen molar-refractivity contribution in [3.63, 3.8) is 0 Å². The van der Waals surface area contributed by atoms with Crippen LogP contribution in [-0.4, -0.2) is 107 Å². The number of ether oxygens (including phenoxy) is 1. The molecule has 0 saturated carbocycles. The molecule has 1 unspecified atom stereocenters. The molecule has 278 valence electrons. The fraction of sp³-hybridized carbons (Fsp3) is 0.500. The highest BCUT2D eigenvalue weighted by atomic mass is 16.6. The SMILES string of the molecule is COc1cc(N2CCC(N3CCC4(CCCN(c5ccc6c(c5)C(=O)N(C5CCC(=O)NC5=O)C6=O)C4)CC3)CC2)c(-c2cnn(C)c2)cc1[N+](=O)[O-]. The predicted octanol–water partition coefficient (Wildman–Crippen LogP) is 3.76. The van der Waals surface area contributed by atoms with Crippen LogP contribution in [0.5, 0.6) is 5.75 Å². The number of nitrogens with zero attached hydrogens (tertiary/aromatic N) is 7. The second-order valence-corrected chi connectivity index (χ2v) is 15.2. The van der Waals surface area contributed by atoms with Crippen molar-refractivity contribution in [2.45, 2.75) is 63.5 Å². The molecule has 0 radical (unpaired) electrons. The van der Waals surface area contributed by atoms with Crippen LogP contribution >= 0.6 is 0 Å². The highest BCUT2D eigenvalue weighted by Crippen LogP contribution is 2.44. The molecule has 3 aromatic rings. The van der Waals surface area contributed by atoms with E-state index in [1.807, 2.05) is 25.4 Å². The Hall–Kier alpha value is -5.31. The number of hydrogen-bond acceptors (Lipinski definition) is 11. The lowest BCUT2D eigenvalue weighted by Gasteiger charge is -2.50. The lowest BCUT2D eigenvalue weighted by molar-refractivity contribution is -0.385. The molecule has 15 nitrogen and oxygen atoms in total. The number of amides is 4. The summed E-state index contributed by atoms with van der Waals surface area (Å²) in [6.07, 6.45) is 10.2. The maximum atomic E-state index is 13.5. The second kappa shape index (κ2) is 13.6. The number of anilines is 2. The van der Waals surface area contributed by atoms with Gasteiger partial charge in [0.05, 0.1) is 29.4 Å². The standard InChI is InChI=1S/C38H44N8O7/c1-41-22-24(21-39-41)28-19-32(46(51)52)33(53-2)20-31(28)43-14-8-25(9-15-43)42-16-11-38(12-17-42)10-3-13-44(23-38)26-4-5-27-29(18-26)37(50)45(36(27)49)30-6-7-34(47)40-35(30)48/h4-5,18-22,25,30H,3,6-17,23H2,1-2H3,(H,40,47,48). The number of nitro benzene ring substituents is 1. The van der Waals surface area contributed by atoms with Gasteiger partial charge in [0.2, 0.25) is 11.8 Å². The van der Waals surface area contributed by atoms with Gasteiger partial charge in [-0.05, 0) is 81.6 Å². The summed E-state index contributed by atoms with van der Waals surface area (Å²) in [4.78, 5) is 70.7. The molecular formula is C38H44N8O7. The topological polar surface area (TPSA) is 163 Å². The normalized spacial score (nSPS) is 22.4. The Bertz CT molecular complexity index is 2000. The minimum atomic E-state index is -0.977. The number of aryl methyl sites for hydroxylation is 1. The molecule has 5 aliphatic heterocycles. The summed E-state index contributed by atoms with van der Waals surface area (Å²) in [5, 5.41) is 18.4. The molecule has 1 spiro atoms. The van der Waals surface area contributed by atoms with Crippen molar-refractivity contribution in [1.82, 2.24) is 24.9 Å². The van der Waals surface area contributed by atoms with E-state index in [-0.39, 0.29) is 29.7 Å². The van der Waals surface area contributed by atoms with Gasteiger partial charge in [0, 0.05) is 86.5 Å². The number of fused-ring (bicyclic) bond motifs is 1. The van der Waals surface area contributed by atoms with Gasteiger partial charge in [0.15, 0.2) is 5.75 Å². The van der Waals surface area contributed by atoms with E-state index in [1.165, 1.54) is 7.11 Å². The Morgan fingerprint density at radius 1 is 0.906 bits per heavy atom. The van der Waals surface area contributed by atoms with Crippen molar-refractivity contribution in [3.05, 3.63) is 64.0 Å². The molecule has 5 aliphatic rings. The first-order valence-corrected chi connectivity index (χ1v) is 18.5. The number of likely N-dealkylation sites (tertiary alicyclic amines) is 1. The van der Waals surface area contributed by atoms with Crippen LogP contribution in [0.3, 0.4) is 0 Å². The fourth-order valence-electron chi connectivity index (χ4n) is 9.24. The summed E-state index contributed by atoms with van der Waals surface area (Å²) < 4.78 is 7.15. The Morgan fingerprint density at radius 2 is 1.66 bits per heavy atom. The number of nitro groups is 1. The first kappa shape index (κ1) is 34.8. The number of piperidine rings is 4. The number of imide groups is 2. The number of methoxy groups -OCH3 is 1. The minimum absolute atomic E-state index is 0.0651. The molecule has 0 bridgehead atoms. The number of benzene rings is 2. The van der Waals surface area contributed by atoms with Gasteiger partial charge in [0.25, 0.3) is 11.8 Å². The summed E-state index contributed by atoms with van der Waals surface area (Å²) in [7, 11) is 3.29. The van der Waals surface area contributed by atoms with Crippen LogP contribution in [0.2, 0.25) is 0 Å². The van der Waals surface area contributed by atoms with E-state index in [0.717, 1.165) is 105 Å². The van der Waals surface area contributed by atoms with Crippen molar-refractivity contribution in [3.8, 4) is 16.9 Å². The van der Waals surface area contributed by atoms with Gasteiger partial charge in [-0.2, -0.15) is 5.10 Å². The van der Waals surface area contributed by atoms with Crippen molar-refractivity contribution in [2.75, 3.05) is 56.2 Å². The molecule has 1 N–H and O–H groups in total. The van der Waals surface area contributed by atoms with E-state index in [2.05, 4.69) is 25.1 Å². The quantitative estimate of drug-likeness (QED) is 0.215. The molecule has 6 heterocycles. The third kappa shape index (κ3) is 6.30. The number of hydrogen-bond donors (Lipinski definition) is 1. The molecule has 8 rings (SSSR count). The average Bonchev–Trinajstić information content (AvgIpc) is 3.70. The van der Waals surface area contributed by atoms with Gasteiger partial charge < -0.3 is 19.4 Å². The van der Waals surface area contributed by atoms with E-state index < -0.39 is 34.6 Å². The molecule has 4 saturated heterocycles. The zero-order valence-corrected chi connectivity index (χ0v) is 30.1. The lowest BCUT2D eigenvalue weighted by atomic mass is 9.72. The predicted molar refractivity (Wildman–Crippen MR) is 195 cm³/mol. The maximum absolute atomic E-state index is 13.5. The van der Waals surface area contributed by atoms with Gasteiger partial charge in [-0.25, -0.2) is 0 Å². The minimum Gasteiger partial charge on any atom is -0.490 e. The van der Waals surface area contributed by atoms with Crippen LogP contribution in [0.4, 0.5) is 17.1 Å². The summed E-state index contributed by atoms with van der Waals surface area (Å²) >= 11 is 0. The van der Waals surface area contributed by atoms with Crippen molar-refractivity contribution in [1.29, 1.82) is 0 Å². The van der Waals surface area contributed by atoms with Crippen molar-refractivity contribution < 1.29 is 28.8 Å². The monoisotopic (exact) mass is 724 g/mol. The number of carbonyl (C=O) groups excluding carboxylic acids is 4. The first-order chi connectivity index (χ1) is 25.5. The molecule has 4 amide bonds. The lowest BCUT2D eigenvalue weighted by Crippen LogP contribution is -2.54. The Morgan fingerprint density at radius 3 is 2.34 bits per heavy atom. The van der Waals surface area contributed by atoms with E-state index in [9.17, 15) is 29.3 Å². The number of rotatable bonds is 7. The average molecular weight is 725 g/mol. The molecular weight excluding hydrogens is 680 g/mol.